The highest BCUT2D eigenvalue weighted by Crippen LogP contribution is 2.34. The van der Waals surface area contributed by atoms with Gasteiger partial charge in [-0.15, -0.1) is 11.3 Å². The van der Waals surface area contributed by atoms with Gasteiger partial charge < -0.3 is 44.0 Å². The molecule has 548 valence electrons. The maximum Gasteiger partial charge on any atom is 0.251 e. The smallest absolute Gasteiger partial charge is 0.251 e. The SMILES string of the molecule is CC(C)C(C(=O)Nc1ccc(Cl)cc1)n1c(C2=CCC=N2)nc2ccccc21.O=C(Cn1c(-c2ccco2)nc2ccccc21)Nc1ccc(Cl)cc1.O=C(Cn1c(-c2cscn2)nc2ccccc21)Nc1ccc(-c2ccc(Cl)cc2)cc1.O=C(NCCn1c(C2=CCC=N2)nc2ccccc21)c1ccc(Cl)cc1. The van der Waals surface area contributed by atoms with Crippen molar-refractivity contribution in [1.82, 2.24) is 48.5 Å². The number of aliphatic imine (C=N–C) groups is 2. The van der Waals surface area contributed by atoms with E-state index in [1.54, 1.807) is 90.6 Å². The molecule has 0 bridgehead atoms. The lowest BCUT2D eigenvalue weighted by Crippen LogP contribution is -2.31. The number of hydrogen-bond acceptors (Lipinski definition) is 13. The number of allylic oxidation sites excluding steroid dienone is 2. The number of rotatable bonds is 19. The first-order valence-corrected chi connectivity index (χ1v) is 37.6. The quantitative estimate of drug-likeness (QED) is 0.0597. The Bertz CT molecular complexity index is 5910. The number of imidazole rings is 4. The lowest BCUT2D eigenvalue weighted by Gasteiger charge is -2.24. The summed E-state index contributed by atoms with van der Waals surface area (Å²) in [5.41, 5.74) is 16.2. The number of nitrogens with one attached hydrogen (secondary N) is 4. The molecule has 20 nitrogen and oxygen atoms in total. The first-order valence-electron chi connectivity index (χ1n) is 35.2. The van der Waals surface area contributed by atoms with Gasteiger partial charge in [0.05, 0.1) is 55.9 Å². The highest BCUT2D eigenvalue weighted by Gasteiger charge is 2.31. The van der Waals surface area contributed by atoms with Gasteiger partial charge in [-0.05, 0) is 187 Å². The van der Waals surface area contributed by atoms with E-state index in [1.165, 1.54) is 11.3 Å². The van der Waals surface area contributed by atoms with Crippen LogP contribution >= 0.6 is 57.7 Å². The van der Waals surface area contributed by atoms with Crippen LogP contribution < -0.4 is 21.3 Å². The fourth-order valence-corrected chi connectivity index (χ4v) is 13.7. The van der Waals surface area contributed by atoms with E-state index in [2.05, 4.69) is 56.8 Å². The second-order valence-electron chi connectivity index (χ2n) is 25.7. The number of carbonyl (C=O) groups is 4. The van der Waals surface area contributed by atoms with E-state index in [0.717, 1.165) is 103 Å². The number of hydrogen-bond donors (Lipinski definition) is 4. The van der Waals surface area contributed by atoms with E-state index < -0.39 is 6.04 Å². The van der Waals surface area contributed by atoms with Gasteiger partial charge in [0.2, 0.25) is 17.7 Å². The molecule has 4 amide bonds. The van der Waals surface area contributed by atoms with E-state index in [0.29, 0.717) is 67.5 Å². The van der Waals surface area contributed by atoms with Crippen LogP contribution in [0.15, 0.2) is 274 Å². The molecule has 6 aromatic heterocycles. The summed E-state index contributed by atoms with van der Waals surface area (Å²) in [6.07, 6.45) is 11.0. The molecule has 15 aromatic rings. The number of benzene rings is 9. The van der Waals surface area contributed by atoms with Gasteiger partial charge in [0, 0.05) is 86.5 Å². The molecule has 1 unspecified atom stereocenters. The molecule has 1 atom stereocenters. The number of nitrogens with zero attached hydrogens (tertiary/aromatic N) is 11. The molecule has 4 N–H and O–H groups in total. The minimum Gasteiger partial charge on any atom is -0.461 e. The largest absolute Gasteiger partial charge is 0.461 e. The molecule has 17 rings (SSSR count). The van der Waals surface area contributed by atoms with Gasteiger partial charge in [0.25, 0.3) is 5.91 Å². The van der Waals surface area contributed by atoms with E-state index in [9.17, 15) is 19.2 Å². The highest BCUT2D eigenvalue weighted by molar-refractivity contribution is 7.07. The molecule has 0 aliphatic carbocycles. The minimum absolute atomic E-state index is 0.0506. The zero-order chi connectivity index (χ0) is 76.0. The van der Waals surface area contributed by atoms with Crippen molar-refractivity contribution in [2.45, 2.75) is 52.4 Å². The third-order valence-corrected chi connectivity index (χ3v) is 19.4. The molecule has 0 spiro atoms. The van der Waals surface area contributed by atoms with Crippen LogP contribution in [0.2, 0.25) is 20.1 Å². The lowest BCUT2D eigenvalue weighted by atomic mass is 10.0. The minimum atomic E-state index is -0.435. The van der Waals surface area contributed by atoms with Crippen molar-refractivity contribution in [3.05, 3.63) is 297 Å². The number of anilines is 3. The summed E-state index contributed by atoms with van der Waals surface area (Å²) in [4.78, 5) is 83.0. The van der Waals surface area contributed by atoms with Crippen molar-refractivity contribution in [3.63, 3.8) is 0 Å². The maximum atomic E-state index is 13.3. The summed E-state index contributed by atoms with van der Waals surface area (Å²) < 4.78 is 13.3. The summed E-state index contributed by atoms with van der Waals surface area (Å²) in [6, 6.07) is 70.9. The zero-order valence-corrected chi connectivity index (χ0v) is 63.1. The predicted octanol–water partition coefficient (Wildman–Crippen LogP) is 20.0. The standard InChI is InChI=1S/C24H17ClN4OS.C22H21ClN4O.C20H17ClN4O.C19H14ClN3O2/c25-18-9-5-16(6-10-18)17-7-11-19(12-8-17)27-23(30)13-29-22-4-2-1-3-20(22)28-24(29)21-14-31-15-26-21;1-14(2)20(22(28)25-16-11-9-15(23)10-12-16)27-19-8-4-3-6-17(19)26-21(27)18-7-5-13-24-18;21-15-9-7-14(8-10-15)20(26)23-12-13-25-18-6-2-1-4-16(18)24-19(25)17-5-3-11-22-17;20-13-7-9-14(10-8-13)21-18(24)12-23-16-5-2-1-4-15(16)22-19(23)17-6-3-11-25-17/h1-12,14-15H,13H2,(H,27,30);3-4,6-14,20H,5H2,1-2H3,(H,25,28);1-2,4-11H,3,12-13H2,(H,23,26);1-11H,12H2,(H,21,24). The van der Waals surface area contributed by atoms with Gasteiger partial charge in [0.1, 0.15) is 36.2 Å². The first-order chi connectivity index (χ1) is 53.6. The van der Waals surface area contributed by atoms with E-state index in [1.807, 2.05) is 203 Å². The van der Waals surface area contributed by atoms with E-state index in [-0.39, 0.29) is 42.6 Å². The number of furan rings is 1. The van der Waals surface area contributed by atoms with E-state index >= 15 is 0 Å². The summed E-state index contributed by atoms with van der Waals surface area (Å²) in [7, 11) is 0. The summed E-state index contributed by atoms with van der Waals surface area (Å²) >= 11 is 25.2. The Kier molecular flexibility index (Phi) is 23.5. The van der Waals surface area contributed by atoms with Crippen LogP contribution in [0.4, 0.5) is 17.1 Å². The number of aromatic nitrogens is 9. The Hall–Kier alpha value is -12.4. The molecule has 0 fully saturated rings. The topological polar surface area (TPSA) is 238 Å². The molecule has 0 saturated carbocycles. The summed E-state index contributed by atoms with van der Waals surface area (Å²) in [5, 5.41) is 16.3. The van der Waals surface area contributed by atoms with E-state index in [4.69, 9.17) is 60.8 Å². The van der Waals surface area contributed by atoms with Crippen molar-refractivity contribution in [2.75, 3.05) is 22.5 Å². The Balaban J connectivity index is 0.000000123. The Labute approximate surface area is 656 Å². The van der Waals surface area contributed by atoms with Gasteiger partial charge >= 0.3 is 0 Å². The first kappa shape index (κ1) is 74.5. The number of halogens is 4. The van der Waals surface area contributed by atoms with Crippen LogP contribution in [0.1, 0.15) is 54.7 Å². The fourth-order valence-electron chi connectivity index (χ4n) is 12.7. The lowest BCUT2D eigenvalue weighted by molar-refractivity contribution is -0.120. The average molecular weight is 1550 g/mol. The molecule has 8 heterocycles. The van der Waals surface area contributed by atoms with Gasteiger partial charge in [-0.2, -0.15) is 0 Å². The van der Waals surface area contributed by atoms with Crippen LogP contribution in [0.25, 0.3) is 89.8 Å². The second-order valence-corrected chi connectivity index (χ2v) is 28.1. The van der Waals surface area contributed by atoms with Crippen molar-refractivity contribution < 1.29 is 23.6 Å². The van der Waals surface area contributed by atoms with Crippen molar-refractivity contribution >= 4 is 166 Å². The monoisotopic (exact) mass is 1550 g/mol. The van der Waals surface area contributed by atoms with Gasteiger partial charge in [-0.1, -0.05) is 133 Å². The third kappa shape index (κ3) is 17.8. The molecule has 110 heavy (non-hydrogen) atoms. The zero-order valence-electron chi connectivity index (χ0n) is 59.3. The van der Waals surface area contributed by atoms with Crippen LogP contribution in [-0.4, -0.2) is 85.8 Å². The summed E-state index contributed by atoms with van der Waals surface area (Å²) in [5.74, 6) is 3.05. The number of fused-ring (bicyclic) bond motifs is 4. The van der Waals surface area contributed by atoms with Gasteiger partial charge in [-0.3, -0.25) is 29.2 Å². The molecule has 0 radical (unpaired) electrons. The number of amides is 4. The third-order valence-electron chi connectivity index (χ3n) is 17.8. The molecule has 0 saturated heterocycles. The summed E-state index contributed by atoms with van der Waals surface area (Å²) in [6.45, 7) is 5.45. The van der Waals surface area contributed by atoms with Crippen molar-refractivity contribution in [2.24, 2.45) is 15.9 Å². The molecule has 25 heteroatoms. The second kappa shape index (κ2) is 34.7. The molecular weight excluding hydrogens is 1480 g/mol. The maximum absolute atomic E-state index is 13.3. The van der Waals surface area contributed by atoms with Crippen LogP contribution in [0, 0.1) is 5.92 Å². The van der Waals surface area contributed by atoms with Crippen LogP contribution in [0.3, 0.4) is 0 Å². The number of carbonyl (C=O) groups excluding carboxylic acids is 4. The molecular formula is C85H69Cl4N15O5S. The average Bonchev–Trinajstić information content (AvgIpc) is 1.59. The molecule has 2 aliphatic rings. The van der Waals surface area contributed by atoms with Crippen molar-refractivity contribution in [3.8, 4) is 34.2 Å². The Morgan fingerprint density at radius 2 is 0.909 bits per heavy atom. The Morgan fingerprint density at radius 1 is 0.473 bits per heavy atom. The molecule has 9 aromatic carbocycles. The molecule has 2 aliphatic heterocycles. The fraction of sp³-hybridized carbons (Fsp3) is 0.118. The normalized spacial score (nSPS) is 12.4. The number of para-hydroxylation sites is 8. The van der Waals surface area contributed by atoms with Crippen LogP contribution in [0.5, 0.6) is 0 Å². The van der Waals surface area contributed by atoms with Crippen molar-refractivity contribution in [1.29, 1.82) is 0 Å². The predicted molar refractivity (Wildman–Crippen MR) is 443 cm³/mol. The Morgan fingerprint density at radius 3 is 1.41 bits per heavy atom. The van der Waals surface area contributed by atoms with Gasteiger partial charge in [-0.25, -0.2) is 24.9 Å². The van der Waals surface area contributed by atoms with Crippen LogP contribution in [-0.2, 0) is 34.0 Å². The highest BCUT2D eigenvalue weighted by atomic mass is 35.5. The number of thiazole rings is 1. The van der Waals surface area contributed by atoms with Gasteiger partial charge in [0.15, 0.2) is 29.1 Å².